The first-order valence-electron chi connectivity index (χ1n) is 9.10. The first-order chi connectivity index (χ1) is 10.00. The van der Waals surface area contributed by atoms with E-state index in [9.17, 15) is 0 Å². The number of hydrogen-bond acceptors (Lipinski definition) is 3. The van der Waals surface area contributed by atoms with Crippen LogP contribution < -0.4 is 0 Å². The zero-order valence-electron chi connectivity index (χ0n) is 16.1. The molecule has 0 aromatic carbocycles. The van der Waals surface area contributed by atoms with E-state index < -0.39 is 0 Å². The largest absolute Gasteiger partial charge is 0.295 e. The molecule has 130 valence electrons. The lowest BCUT2D eigenvalue weighted by molar-refractivity contribution is 0.0571. The highest BCUT2D eigenvalue weighted by molar-refractivity contribution is 7.99. The fraction of sp³-hybridized carbons (Fsp3) is 1.00. The molecule has 2 aliphatic rings. The van der Waals surface area contributed by atoms with Crippen LogP contribution in [0.2, 0.25) is 0 Å². The standard InChI is InChI=1S/C19H38N2S/c1-14(20-13-22-12-15(20)2)9-16-10-17(18(3,4)5)21(11-16)19(6,7)8/h14-17H,9-13H2,1-8H3. The van der Waals surface area contributed by atoms with Gasteiger partial charge in [0.1, 0.15) is 0 Å². The molecule has 0 bridgehead atoms. The minimum Gasteiger partial charge on any atom is -0.295 e. The minimum atomic E-state index is 0.284. The second-order valence-electron chi connectivity index (χ2n) is 9.75. The van der Waals surface area contributed by atoms with Crippen molar-refractivity contribution in [1.82, 2.24) is 9.80 Å². The molecule has 0 N–H and O–H groups in total. The minimum absolute atomic E-state index is 0.284. The van der Waals surface area contributed by atoms with Crippen LogP contribution in [-0.2, 0) is 0 Å². The van der Waals surface area contributed by atoms with Crippen LogP contribution in [0.3, 0.4) is 0 Å². The SMILES string of the molecule is CC1CSCN1C(C)CC1CC(C(C)(C)C)N(C(C)(C)C)C1. The van der Waals surface area contributed by atoms with Gasteiger partial charge in [-0.3, -0.25) is 9.80 Å². The second kappa shape index (κ2) is 6.64. The predicted octanol–water partition coefficient (Wildman–Crippen LogP) is 4.69. The van der Waals surface area contributed by atoms with Crippen molar-refractivity contribution in [2.45, 2.75) is 91.9 Å². The van der Waals surface area contributed by atoms with Crippen molar-refractivity contribution < 1.29 is 0 Å². The molecule has 2 heterocycles. The monoisotopic (exact) mass is 326 g/mol. The predicted molar refractivity (Wildman–Crippen MR) is 101 cm³/mol. The molecule has 4 unspecified atom stereocenters. The first-order valence-corrected chi connectivity index (χ1v) is 10.3. The summed E-state index contributed by atoms with van der Waals surface area (Å²) < 4.78 is 0. The van der Waals surface area contributed by atoms with Crippen LogP contribution in [0.4, 0.5) is 0 Å². The Hall–Kier alpha value is 0.270. The van der Waals surface area contributed by atoms with Gasteiger partial charge in [-0.2, -0.15) is 0 Å². The second-order valence-corrected chi connectivity index (χ2v) is 10.8. The van der Waals surface area contributed by atoms with Crippen LogP contribution in [0.15, 0.2) is 0 Å². The van der Waals surface area contributed by atoms with Crippen LogP contribution in [0, 0.1) is 11.3 Å². The van der Waals surface area contributed by atoms with Gasteiger partial charge in [-0.1, -0.05) is 20.8 Å². The topological polar surface area (TPSA) is 6.48 Å². The Morgan fingerprint density at radius 2 is 1.77 bits per heavy atom. The van der Waals surface area contributed by atoms with E-state index in [-0.39, 0.29) is 5.54 Å². The van der Waals surface area contributed by atoms with E-state index in [0.717, 1.165) is 24.0 Å². The van der Waals surface area contributed by atoms with Crippen LogP contribution in [-0.4, -0.2) is 51.6 Å². The molecule has 2 aliphatic heterocycles. The van der Waals surface area contributed by atoms with E-state index in [1.54, 1.807) is 0 Å². The Morgan fingerprint density at radius 1 is 1.14 bits per heavy atom. The summed E-state index contributed by atoms with van der Waals surface area (Å²) in [5, 5.41) is 0. The molecule has 0 aromatic heterocycles. The van der Waals surface area contributed by atoms with Crippen LogP contribution in [0.5, 0.6) is 0 Å². The van der Waals surface area contributed by atoms with Gasteiger partial charge in [0.2, 0.25) is 0 Å². The molecule has 22 heavy (non-hydrogen) atoms. The van der Waals surface area contributed by atoms with Gasteiger partial charge in [0.05, 0.1) is 0 Å². The van der Waals surface area contributed by atoms with E-state index in [1.807, 2.05) is 0 Å². The number of likely N-dealkylation sites (tertiary alicyclic amines) is 1. The van der Waals surface area contributed by atoms with Gasteiger partial charge >= 0.3 is 0 Å². The maximum Gasteiger partial charge on any atom is 0.0450 e. The van der Waals surface area contributed by atoms with Crippen LogP contribution in [0.25, 0.3) is 0 Å². The molecule has 2 rings (SSSR count). The van der Waals surface area contributed by atoms with Crippen LogP contribution >= 0.6 is 11.8 Å². The van der Waals surface area contributed by atoms with Crippen LogP contribution in [0.1, 0.15) is 68.2 Å². The molecule has 0 aliphatic carbocycles. The van der Waals surface area contributed by atoms with Gasteiger partial charge in [0, 0.05) is 41.8 Å². The fourth-order valence-electron chi connectivity index (χ4n) is 4.39. The quantitative estimate of drug-likeness (QED) is 0.742. The summed E-state index contributed by atoms with van der Waals surface area (Å²) in [4.78, 5) is 5.50. The molecular weight excluding hydrogens is 288 g/mol. The smallest absolute Gasteiger partial charge is 0.0450 e. The molecule has 2 nitrogen and oxygen atoms in total. The lowest BCUT2D eigenvalue weighted by atomic mass is 9.82. The highest BCUT2D eigenvalue weighted by Gasteiger charge is 2.44. The summed E-state index contributed by atoms with van der Waals surface area (Å²) in [7, 11) is 0. The van der Waals surface area contributed by atoms with Gasteiger partial charge in [0.25, 0.3) is 0 Å². The third-order valence-electron chi connectivity index (χ3n) is 5.66. The Bertz CT molecular complexity index is 347. The number of rotatable bonds is 3. The first kappa shape index (κ1) is 18.6. The summed E-state index contributed by atoms with van der Waals surface area (Å²) in [5.74, 6) is 3.41. The van der Waals surface area contributed by atoms with E-state index >= 15 is 0 Å². The van der Waals surface area contributed by atoms with E-state index in [0.29, 0.717) is 5.41 Å². The van der Waals surface area contributed by atoms with Gasteiger partial charge in [-0.15, -0.1) is 11.8 Å². The summed E-state index contributed by atoms with van der Waals surface area (Å²) in [6.07, 6.45) is 2.74. The third-order valence-corrected chi connectivity index (χ3v) is 6.85. The fourth-order valence-corrected chi connectivity index (χ4v) is 5.75. The maximum atomic E-state index is 2.78. The highest BCUT2D eigenvalue weighted by Crippen LogP contribution is 2.41. The van der Waals surface area contributed by atoms with Crippen molar-refractivity contribution in [3.05, 3.63) is 0 Å². The van der Waals surface area contributed by atoms with Gasteiger partial charge in [0.15, 0.2) is 0 Å². The molecule has 0 amide bonds. The molecule has 2 saturated heterocycles. The lowest BCUT2D eigenvalue weighted by Crippen LogP contribution is -2.49. The Morgan fingerprint density at radius 3 is 2.18 bits per heavy atom. The van der Waals surface area contributed by atoms with Crippen molar-refractivity contribution in [3.8, 4) is 0 Å². The normalized spacial score (nSPS) is 33.5. The Balaban J connectivity index is 2.01. The molecule has 4 atom stereocenters. The van der Waals surface area contributed by atoms with Gasteiger partial charge < -0.3 is 0 Å². The van der Waals surface area contributed by atoms with Crippen molar-refractivity contribution in [2.24, 2.45) is 11.3 Å². The number of thioether (sulfide) groups is 1. The molecular formula is C19H38N2S. The van der Waals surface area contributed by atoms with Crippen molar-refractivity contribution in [2.75, 3.05) is 18.2 Å². The van der Waals surface area contributed by atoms with E-state index in [1.165, 1.54) is 31.0 Å². The van der Waals surface area contributed by atoms with Gasteiger partial charge in [-0.25, -0.2) is 0 Å². The Kier molecular flexibility index (Phi) is 5.62. The summed E-state index contributed by atoms with van der Waals surface area (Å²) >= 11 is 2.10. The Labute approximate surface area is 143 Å². The summed E-state index contributed by atoms with van der Waals surface area (Å²) in [5.41, 5.74) is 0.661. The molecule has 2 fully saturated rings. The van der Waals surface area contributed by atoms with E-state index in [2.05, 4.69) is 77.0 Å². The van der Waals surface area contributed by atoms with Crippen molar-refractivity contribution in [3.63, 3.8) is 0 Å². The highest BCUT2D eigenvalue weighted by atomic mass is 32.2. The zero-order valence-corrected chi connectivity index (χ0v) is 17.0. The molecule has 0 aromatic rings. The van der Waals surface area contributed by atoms with E-state index in [4.69, 9.17) is 0 Å². The maximum absolute atomic E-state index is 2.78. The number of hydrogen-bond donors (Lipinski definition) is 0. The molecule has 0 radical (unpaired) electrons. The molecule has 0 spiro atoms. The zero-order chi connectivity index (χ0) is 16.7. The average Bonchev–Trinajstić information content (AvgIpc) is 2.93. The lowest BCUT2D eigenvalue weighted by Gasteiger charge is -2.43. The number of nitrogens with zero attached hydrogens (tertiary/aromatic N) is 2. The summed E-state index contributed by atoms with van der Waals surface area (Å²) in [6, 6.07) is 2.21. The molecule has 3 heteroatoms. The molecule has 0 saturated carbocycles. The summed E-state index contributed by atoms with van der Waals surface area (Å²) in [6.45, 7) is 20.5. The third kappa shape index (κ3) is 4.21. The van der Waals surface area contributed by atoms with Crippen molar-refractivity contribution >= 4 is 11.8 Å². The van der Waals surface area contributed by atoms with Crippen molar-refractivity contribution in [1.29, 1.82) is 0 Å². The average molecular weight is 327 g/mol. The van der Waals surface area contributed by atoms with Gasteiger partial charge in [-0.05, 0) is 58.8 Å².